The van der Waals surface area contributed by atoms with Gasteiger partial charge in [0.2, 0.25) is 0 Å². The molecule has 3 aliphatic heterocycles. The van der Waals surface area contributed by atoms with Crippen LogP contribution in [0.1, 0.15) is 32.1 Å². The fourth-order valence-electron chi connectivity index (χ4n) is 4.53. The Bertz CT molecular complexity index is 426. The maximum Gasteiger partial charge on any atom is 0.316 e. The molecular weight excluding hydrogens is 306 g/mol. The van der Waals surface area contributed by atoms with Gasteiger partial charge >= 0.3 is 6.03 Å². The standard InChI is InChI=1S/C18H33N3O3/c1-20(2)17(22)19-8-6-18-7-12-24-16(18)3-9-21(14-18)13-15-4-10-23-11-5-15/h15-16H,3-14H2,1-2H3,(H,19,22)/t16-,18+/m0/s1. The molecule has 6 nitrogen and oxygen atoms in total. The number of piperidine rings is 1. The van der Waals surface area contributed by atoms with Crippen molar-refractivity contribution in [2.24, 2.45) is 11.3 Å². The minimum Gasteiger partial charge on any atom is -0.381 e. The summed E-state index contributed by atoms with van der Waals surface area (Å²) in [5, 5.41) is 3.03. The monoisotopic (exact) mass is 339 g/mol. The van der Waals surface area contributed by atoms with Crippen LogP contribution >= 0.6 is 0 Å². The number of hydrogen-bond acceptors (Lipinski definition) is 4. The van der Waals surface area contributed by atoms with Crippen LogP contribution in [0.4, 0.5) is 4.79 Å². The molecule has 138 valence electrons. The van der Waals surface area contributed by atoms with Crippen LogP contribution < -0.4 is 5.32 Å². The molecule has 0 radical (unpaired) electrons. The molecule has 6 heteroatoms. The number of urea groups is 1. The lowest BCUT2D eigenvalue weighted by Gasteiger charge is -2.45. The van der Waals surface area contributed by atoms with E-state index >= 15 is 0 Å². The molecule has 0 saturated carbocycles. The second-order valence-corrected chi connectivity index (χ2v) is 7.93. The van der Waals surface area contributed by atoms with Crippen LogP contribution in [0.25, 0.3) is 0 Å². The maximum absolute atomic E-state index is 11.8. The number of ether oxygens (including phenoxy) is 2. The number of carbonyl (C=O) groups excluding carboxylic acids is 1. The molecule has 3 heterocycles. The zero-order valence-electron chi connectivity index (χ0n) is 15.3. The quantitative estimate of drug-likeness (QED) is 0.826. The Morgan fingerprint density at radius 2 is 2.04 bits per heavy atom. The SMILES string of the molecule is CN(C)C(=O)NCC[C@]12CCO[C@H]1CCN(CC1CCOCC1)C2. The largest absolute Gasteiger partial charge is 0.381 e. The van der Waals surface area contributed by atoms with E-state index in [-0.39, 0.29) is 11.4 Å². The molecule has 3 rings (SSSR count). The minimum absolute atomic E-state index is 0.00302. The highest BCUT2D eigenvalue weighted by Gasteiger charge is 2.47. The van der Waals surface area contributed by atoms with Crippen molar-refractivity contribution in [2.45, 2.75) is 38.2 Å². The van der Waals surface area contributed by atoms with Crippen molar-refractivity contribution in [1.29, 1.82) is 0 Å². The van der Waals surface area contributed by atoms with Crippen LogP contribution in [0.3, 0.4) is 0 Å². The number of nitrogens with zero attached hydrogens (tertiary/aromatic N) is 2. The Morgan fingerprint density at radius 1 is 1.25 bits per heavy atom. The summed E-state index contributed by atoms with van der Waals surface area (Å²) in [6, 6.07) is -0.00302. The summed E-state index contributed by atoms with van der Waals surface area (Å²) in [6.07, 6.45) is 6.04. The number of likely N-dealkylation sites (tertiary alicyclic amines) is 1. The topological polar surface area (TPSA) is 54.0 Å². The zero-order valence-corrected chi connectivity index (χ0v) is 15.3. The molecule has 0 bridgehead atoms. The van der Waals surface area contributed by atoms with Gasteiger partial charge in [-0.25, -0.2) is 4.79 Å². The molecule has 2 atom stereocenters. The van der Waals surface area contributed by atoms with E-state index in [4.69, 9.17) is 9.47 Å². The van der Waals surface area contributed by atoms with Gasteiger partial charge in [0.1, 0.15) is 0 Å². The third kappa shape index (κ3) is 4.21. The van der Waals surface area contributed by atoms with Crippen molar-refractivity contribution in [3.63, 3.8) is 0 Å². The average molecular weight is 339 g/mol. The van der Waals surface area contributed by atoms with Crippen LogP contribution in [-0.2, 0) is 9.47 Å². The Morgan fingerprint density at radius 3 is 2.79 bits per heavy atom. The molecule has 0 aliphatic carbocycles. The van der Waals surface area contributed by atoms with Crippen molar-refractivity contribution in [2.75, 3.05) is 60.1 Å². The van der Waals surface area contributed by atoms with Gasteiger partial charge in [-0.05, 0) is 38.0 Å². The molecule has 0 aromatic rings. The van der Waals surface area contributed by atoms with Crippen LogP contribution in [0.15, 0.2) is 0 Å². The molecule has 3 aliphatic rings. The number of fused-ring (bicyclic) bond motifs is 1. The van der Waals surface area contributed by atoms with E-state index in [2.05, 4.69) is 10.2 Å². The summed E-state index contributed by atoms with van der Waals surface area (Å²) >= 11 is 0. The summed E-state index contributed by atoms with van der Waals surface area (Å²) in [7, 11) is 3.57. The molecule has 0 aromatic carbocycles. The van der Waals surface area contributed by atoms with Gasteiger partial charge in [-0.1, -0.05) is 0 Å². The first kappa shape index (κ1) is 18.0. The molecule has 24 heavy (non-hydrogen) atoms. The van der Waals surface area contributed by atoms with Crippen molar-refractivity contribution in [1.82, 2.24) is 15.1 Å². The Kier molecular flexibility index (Phi) is 6.00. The van der Waals surface area contributed by atoms with E-state index in [1.165, 1.54) is 19.4 Å². The van der Waals surface area contributed by atoms with Crippen LogP contribution in [0.2, 0.25) is 0 Å². The number of amides is 2. The average Bonchev–Trinajstić information content (AvgIpc) is 2.98. The van der Waals surface area contributed by atoms with Crippen LogP contribution in [-0.4, -0.2) is 82.0 Å². The molecule has 1 N–H and O–H groups in total. The van der Waals surface area contributed by atoms with Gasteiger partial charge in [0.25, 0.3) is 0 Å². The minimum atomic E-state index is -0.00302. The van der Waals surface area contributed by atoms with E-state index < -0.39 is 0 Å². The fraction of sp³-hybridized carbons (Fsp3) is 0.944. The molecule has 2 amide bonds. The van der Waals surface area contributed by atoms with Crippen LogP contribution in [0.5, 0.6) is 0 Å². The maximum atomic E-state index is 11.8. The smallest absolute Gasteiger partial charge is 0.316 e. The highest BCUT2D eigenvalue weighted by Crippen LogP contribution is 2.43. The van der Waals surface area contributed by atoms with Gasteiger partial charge in [-0.3, -0.25) is 0 Å². The van der Waals surface area contributed by atoms with Gasteiger partial charge in [0.15, 0.2) is 0 Å². The number of rotatable bonds is 5. The first-order valence-electron chi connectivity index (χ1n) is 9.46. The first-order valence-corrected chi connectivity index (χ1v) is 9.46. The number of carbonyl (C=O) groups is 1. The van der Waals surface area contributed by atoms with Crippen molar-refractivity contribution < 1.29 is 14.3 Å². The van der Waals surface area contributed by atoms with E-state index in [1.807, 2.05) is 0 Å². The van der Waals surface area contributed by atoms with Gasteiger partial charge in [-0.2, -0.15) is 0 Å². The molecule has 0 spiro atoms. The molecular formula is C18H33N3O3. The number of nitrogens with one attached hydrogen (secondary N) is 1. The Balaban J connectivity index is 1.53. The second-order valence-electron chi connectivity index (χ2n) is 7.93. The molecule has 0 unspecified atom stereocenters. The summed E-state index contributed by atoms with van der Waals surface area (Å²) in [5.74, 6) is 0.781. The summed E-state index contributed by atoms with van der Waals surface area (Å²) in [5.41, 5.74) is 0.225. The summed E-state index contributed by atoms with van der Waals surface area (Å²) in [6.45, 7) is 6.92. The predicted molar refractivity (Wildman–Crippen MR) is 93.1 cm³/mol. The van der Waals surface area contributed by atoms with Crippen LogP contribution in [0, 0.1) is 11.3 Å². The number of hydrogen-bond donors (Lipinski definition) is 1. The normalized spacial score (nSPS) is 31.7. The highest BCUT2D eigenvalue weighted by atomic mass is 16.5. The molecule has 3 saturated heterocycles. The molecule has 0 aromatic heterocycles. The van der Waals surface area contributed by atoms with Gasteiger partial charge in [-0.15, -0.1) is 0 Å². The van der Waals surface area contributed by atoms with Gasteiger partial charge < -0.3 is 24.6 Å². The highest BCUT2D eigenvalue weighted by molar-refractivity contribution is 5.73. The molecule has 3 fully saturated rings. The summed E-state index contributed by atoms with van der Waals surface area (Å²) < 4.78 is 11.5. The van der Waals surface area contributed by atoms with Gasteiger partial charge in [0.05, 0.1) is 6.10 Å². The Hall–Kier alpha value is -0.850. The third-order valence-electron chi connectivity index (χ3n) is 6.01. The van der Waals surface area contributed by atoms with E-state index in [9.17, 15) is 4.79 Å². The van der Waals surface area contributed by atoms with E-state index in [0.29, 0.717) is 6.10 Å². The van der Waals surface area contributed by atoms with E-state index in [0.717, 1.165) is 64.6 Å². The van der Waals surface area contributed by atoms with Crippen molar-refractivity contribution in [3.05, 3.63) is 0 Å². The van der Waals surface area contributed by atoms with Crippen molar-refractivity contribution >= 4 is 6.03 Å². The van der Waals surface area contributed by atoms with E-state index in [1.54, 1.807) is 19.0 Å². The third-order valence-corrected chi connectivity index (χ3v) is 6.01. The lowest BCUT2D eigenvalue weighted by molar-refractivity contribution is -0.0319. The predicted octanol–water partition coefficient (Wildman–Crippen LogP) is 1.56. The second kappa shape index (κ2) is 8.02. The first-order chi connectivity index (χ1) is 11.6. The fourth-order valence-corrected chi connectivity index (χ4v) is 4.53. The Labute approximate surface area is 145 Å². The van der Waals surface area contributed by atoms with Gasteiger partial charge in [0, 0.05) is 65.5 Å². The lowest BCUT2D eigenvalue weighted by atomic mass is 9.73. The van der Waals surface area contributed by atoms with Crippen molar-refractivity contribution in [3.8, 4) is 0 Å². The zero-order chi connectivity index (χ0) is 17.0. The summed E-state index contributed by atoms with van der Waals surface area (Å²) in [4.78, 5) is 16.0. The lowest BCUT2D eigenvalue weighted by Crippen LogP contribution is -2.52.